The summed E-state index contributed by atoms with van der Waals surface area (Å²) in [5, 5.41) is 0. The van der Waals surface area contributed by atoms with Crippen LogP contribution in [0.5, 0.6) is 0 Å². The Balaban J connectivity index is 2.85. The molecule has 126 valence electrons. The van der Waals surface area contributed by atoms with Gasteiger partial charge >= 0.3 is 0 Å². The van der Waals surface area contributed by atoms with Crippen LogP contribution in [0.3, 0.4) is 0 Å². The van der Waals surface area contributed by atoms with Crippen molar-refractivity contribution in [2.75, 3.05) is 0 Å². The third-order valence-electron chi connectivity index (χ3n) is 4.07. The Bertz CT molecular complexity index is 454. The van der Waals surface area contributed by atoms with Gasteiger partial charge in [0.15, 0.2) is 0 Å². The second-order valence-corrected chi connectivity index (χ2v) is 47.4. The molecular weight excluding hydrogens is 422 g/mol. The van der Waals surface area contributed by atoms with E-state index in [0.717, 1.165) is 12.1 Å². The molecule has 0 saturated heterocycles. The van der Waals surface area contributed by atoms with E-state index in [1.165, 1.54) is 11.1 Å². The molecule has 0 nitrogen and oxygen atoms in total. The predicted molar refractivity (Wildman–Crippen MR) is 115 cm³/mol. The highest BCUT2D eigenvalue weighted by molar-refractivity contribution is 7.74. The van der Waals surface area contributed by atoms with Gasteiger partial charge in [0, 0.05) is 0 Å². The lowest BCUT2D eigenvalue weighted by molar-refractivity contribution is 1.31. The van der Waals surface area contributed by atoms with Crippen molar-refractivity contribution in [3.05, 3.63) is 35.4 Å². The van der Waals surface area contributed by atoms with Crippen LogP contribution in [0.2, 0.25) is 39.3 Å². The largest absolute Gasteiger partial charge is 0.242 e. The zero-order valence-electron chi connectivity index (χ0n) is 14.2. The summed E-state index contributed by atoms with van der Waals surface area (Å²) in [7, 11) is -3.01. The predicted octanol–water partition coefficient (Wildman–Crippen LogP) is 6.52. The van der Waals surface area contributed by atoms with E-state index < -0.39 is 27.6 Å². The average molecular weight is 449 g/mol. The molecule has 0 unspecified atom stereocenters. The highest BCUT2D eigenvalue weighted by Gasteiger charge is 2.44. The lowest BCUT2D eigenvalue weighted by Crippen LogP contribution is -2.50. The van der Waals surface area contributed by atoms with Gasteiger partial charge in [-0.15, -0.1) is 44.3 Å². The molecule has 0 aliphatic carbocycles. The van der Waals surface area contributed by atoms with E-state index in [0.29, 0.717) is 0 Å². The van der Waals surface area contributed by atoms with Gasteiger partial charge in [0.05, 0.1) is 15.2 Å². The molecule has 1 aromatic carbocycles. The minimum absolute atomic E-state index is 0.824. The third-order valence-corrected chi connectivity index (χ3v) is 46.4. The molecule has 0 aliphatic rings. The molecule has 22 heavy (non-hydrogen) atoms. The first-order valence-electron chi connectivity index (χ1n) is 7.49. The van der Waals surface area contributed by atoms with Crippen LogP contribution in [0.4, 0.5) is 0 Å². The molecule has 1 aromatic rings. The number of hydrogen-bond acceptors (Lipinski definition) is 0. The fourth-order valence-electron chi connectivity index (χ4n) is 1.82. The number of benzene rings is 1. The maximum Gasteiger partial charge on any atom is 0.242 e. The van der Waals surface area contributed by atoms with Crippen molar-refractivity contribution in [1.29, 1.82) is 0 Å². The second-order valence-electron chi connectivity index (χ2n) is 8.08. The number of hydrogen-bond donors (Lipinski definition) is 0. The van der Waals surface area contributed by atoms with E-state index in [1.54, 1.807) is 0 Å². The molecule has 8 heteroatoms. The van der Waals surface area contributed by atoms with Crippen LogP contribution in [0, 0.1) is 0 Å². The number of halogens is 4. The van der Waals surface area contributed by atoms with E-state index in [-0.39, 0.29) is 0 Å². The molecule has 1 rings (SSSR count). The summed E-state index contributed by atoms with van der Waals surface area (Å²) in [5.74, 6) is 0. The molecule has 0 aliphatic heterocycles. The Hall–Kier alpha value is 1.25. The topological polar surface area (TPSA) is 0 Å². The SMILES string of the molecule is C[Si](C)(C)[Si](Cl)(Cl)Cc1ccc(C[Si](Cl)(Cl)[Si](C)(C)C)cc1. The molecule has 0 bridgehead atoms. The van der Waals surface area contributed by atoms with Crippen molar-refractivity contribution in [3.63, 3.8) is 0 Å². The second kappa shape index (κ2) is 7.24. The first-order valence-corrected chi connectivity index (χ1v) is 25.0. The average Bonchev–Trinajstić information content (AvgIpc) is 2.28. The first kappa shape index (κ1) is 21.3. The zero-order chi connectivity index (χ0) is 17.4. The minimum atomic E-state index is -2.19. The lowest BCUT2D eigenvalue weighted by Gasteiger charge is -2.30. The smallest absolute Gasteiger partial charge is 0.149 e. The van der Waals surface area contributed by atoms with E-state index >= 15 is 0 Å². The van der Waals surface area contributed by atoms with Crippen molar-refractivity contribution >= 4 is 71.9 Å². The Morgan fingerprint density at radius 3 is 1.00 bits per heavy atom. The Labute approximate surface area is 157 Å². The van der Waals surface area contributed by atoms with Gasteiger partial charge in [-0.05, 0) is 23.2 Å². The van der Waals surface area contributed by atoms with Crippen molar-refractivity contribution in [2.24, 2.45) is 0 Å². The lowest BCUT2D eigenvalue weighted by atomic mass is 10.2. The van der Waals surface area contributed by atoms with Crippen molar-refractivity contribution < 1.29 is 0 Å². The van der Waals surface area contributed by atoms with E-state index in [1.807, 2.05) is 0 Å². The van der Waals surface area contributed by atoms with Crippen molar-refractivity contribution in [3.8, 4) is 0 Å². The van der Waals surface area contributed by atoms with E-state index in [4.69, 9.17) is 44.3 Å². The first-order chi connectivity index (χ1) is 9.66. The number of rotatable bonds is 6. The van der Waals surface area contributed by atoms with Crippen LogP contribution in [0.25, 0.3) is 0 Å². The normalized spacial score (nSPS) is 14.3. The maximum atomic E-state index is 6.69. The van der Waals surface area contributed by atoms with Crippen LogP contribution in [0.1, 0.15) is 11.1 Å². The third kappa shape index (κ3) is 5.65. The Morgan fingerprint density at radius 1 is 0.591 bits per heavy atom. The van der Waals surface area contributed by atoms with E-state index in [2.05, 4.69) is 63.5 Å². The summed E-state index contributed by atoms with van der Waals surface area (Å²) < 4.78 is 0. The van der Waals surface area contributed by atoms with Crippen LogP contribution in [-0.2, 0) is 12.1 Å². The van der Waals surface area contributed by atoms with Crippen LogP contribution < -0.4 is 0 Å². The summed E-state index contributed by atoms with van der Waals surface area (Å²) in [6, 6.07) is 10.2. The summed E-state index contributed by atoms with van der Waals surface area (Å²) in [6.45, 7) is 13.5. The highest BCUT2D eigenvalue weighted by Crippen LogP contribution is 2.33. The molecule has 0 saturated carbocycles. The summed E-state index contributed by atoms with van der Waals surface area (Å²) in [4.78, 5) is 0. The van der Waals surface area contributed by atoms with Gasteiger partial charge in [0.25, 0.3) is 0 Å². The van der Waals surface area contributed by atoms with Gasteiger partial charge in [0.2, 0.25) is 12.4 Å². The van der Waals surface area contributed by atoms with Gasteiger partial charge in [-0.2, -0.15) is 0 Å². The van der Waals surface area contributed by atoms with Gasteiger partial charge in [-0.1, -0.05) is 63.5 Å². The Morgan fingerprint density at radius 2 is 0.818 bits per heavy atom. The van der Waals surface area contributed by atoms with Crippen molar-refractivity contribution in [2.45, 2.75) is 51.4 Å². The molecule has 0 N–H and O–H groups in total. The quantitative estimate of drug-likeness (QED) is 0.343. The summed E-state index contributed by atoms with van der Waals surface area (Å²) in [6.07, 6.45) is -4.39. The van der Waals surface area contributed by atoms with Crippen molar-refractivity contribution in [1.82, 2.24) is 0 Å². The van der Waals surface area contributed by atoms with Gasteiger partial charge in [0.1, 0.15) is 0 Å². The zero-order valence-corrected chi connectivity index (χ0v) is 21.3. The molecule has 0 radical (unpaired) electrons. The van der Waals surface area contributed by atoms with Crippen LogP contribution in [-0.4, -0.2) is 27.6 Å². The van der Waals surface area contributed by atoms with Gasteiger partial charge < -0.3 is 0 Å². The molecule has 0 amide bonds. The fourth-order valence-corrected chi connectivity index (χ4v) is 10.6. The molecule has 0 fully saturated rings. The Kier molecular flexibility index (Phi) is 7.01. The molecular formula is C14H26Cl4Si4. The summed E-state index contributed by atoms with van der Waals surface area (Å²) >= 11 is 26.8. The van der Waals surface area contributed by atoms with Crippen LogP contribution >= 0.6 is 44.3 Å². The van der Waals surface area contributed by atoms with Crippen LogP contribution in [0.15, 0.2) is 24.3 Å². The molecule has 0 spiro atoms. The fraction of sp³-hybridized carbons (Fsp3) is 0.571. The molecule has 0 aromatic heterocycles. The van der Waals surface area contributed by atoms with Gasteiger partial charge in [-0.25, -0.2) is 0 Å². The van der Waals surface area contributed by atoms with E-state index in [9.17, 15) is 0 Å². The molecule has 0 atom stereocenters. The monoisotopic (exact) mass is 446 g/mol. The minimum Gasteiger partial charge on any atom is -0.149 e. The standard InChI is InChI=1S/C14H26Cl4Si4/c1-19(2,3)21(15,16)11-13-7-9-14(10-8-13)12-22(17,18)20(4,5)6/h7-10H,11-12H2,1-6H3. The van der Waals surface area contributed by atoms with Gasteiger partial charge in [-0.3, -0.25) is 0 Å². The maximum absolute atomic E-state index is 6.69. The molecule has 0 heterocycles. The highest BCUT2D eigenvalue weighted by atomic mass is 35.7. The summed E-state index contributed by atoms with van der Waals surface area (Å²) in [5.41, 5.74) is 2.46.